The molecule has 1 aromatic heterocycles. The molecule has 0 bridgehead atoms. The number of aromatic amines is 1. The Balaban J connectivity index is 1.67. The lowest BCUT2D eigenvalue weighted by Crippen LogP contribution is -2.44. The first-order valence-electron chi connectivity index (χ1n) is 8.06. The van der Waals surface area contributed by atoms with Gasteiger partial charge in [-0.05, 0) is 35.9 Å². The van der Waals surface area contributed by atoms with Gasteiger partial charge in [0.15, 0.2) is 0 Å². The Morgan fingerprint density at radius 1 is 1.15 bits per heavy atom. The highest BCUT2D eigenvalue weighted by atomic mass is 16.5. The summed E-state index contributed by atoms with van der Waals surface area (Å²) < 4.78 is 5.06. The Hall–Kier alpha value is -3.48. The van der Waals surface area contributed by atoms with Crippen LogP contribution in [0.4, 0.5) is 10.5 Å². The summed E-state index contributed by atoms with van der Waals surface area (Å²) in [4.78, 5) is 26.8. The van der Waals surface area contributed by atoms with Crippen molar-refractivity contribution in [1.82, 2.24) is 10.3 Å². The molecule has 0 aliphatic carbocycles. The Bertz CT molecular complexity index is 918. The molecule has 3 rings (SSSR count). The summed E-state index contributed by atoms with van der Waals surface area (Å²) in [6.07, 6.45) is 1.94. The van der Waals surface area contributed by atoms with Crippen molar-refractivity contribution in [3.8, 4) is 5.75 Å². The molecular weight excluding hydrogens is 334 g/mol. The second-order valence-corrected chi connectivity index (χ2v) is 5.78. The Morgan fingerprint density at radius 2 is 1.88 bits per heavy atom. The van der Waals surface area contributed by atoms with Crippen LogP contribution >= 0.6 is 0 Å². The van der Waals surface area contributed by atoms with Crippen LogP contribution in [0.25, 0.3) is 10.9 Å². The van der Waals surface area contributed by atoms with Crippen LogP contribution in [-0.4, -0.2) is 35.2 Å². The van der Waals surface area contributed by atoms with E-state index in [1.807, 2.05) is 24.3 Å². The van der Waals surface area contributed by atoms with Crippen LogP contribution in [0.1, 0.15) is 5.56 Å². The second kappa shape index (κ2) is 7.60. The highest BCUT2D eigenvalue weighted by Crippen LogP contribution is 2.19. The number of fused-ring (bicyclic) bond motifs is 1. The van der Waals surface area contributed by atoms with Crippen molar-refractivity contribution in [3.05, 3.63) is 60.3 Å². The molecular formula is C19H19N3O4. The van der Waals surface area contributed by atoms with Crippen molar-refractivity contribution >= 4 is 28.6 Å². The SMILES string of the molecule is COc1ccc(NC(=O)NC(Cc2c[nH]c3ccccc23)C(=O)O)cc1. The number of carboxylic acids is 1. The number of nitrogens with one attached hydrogen (secondary N) is 3. The molecule has 1 atom stereocenters. The molecule has 2 amide bonds. The van der Waals surface area contributed by atoms with Crippen molar-refractivity contribution < 1.29 is 19.4 Å². The van der Waals surface area contributed by atoms with Crippen molar-refractivity contribution in [2.75, 3.05) is 12.4 Å². The molecule has 0 aliphatic heterocycles. The molecule has 0 aliphatic rings. The normalized spacial score (nSPS) is 11.7. The molecule has 7 nitrogen and oxygen atoms in total. The van der Waals surface area contributed by atoms with Gasteiger partial charge < -0.3 is 25.5 Å². The van der Waals surface area contributed by atoms with Crippen molar-refractivity contribution in [3.63, 3.8) is 0 Å². The lowest BCUT2D eigenvalue weighted by atomic mass is 10.1. The van der Waals surface area contributed by atoms with Gasteiger partial charge in [0.1, 0.15) is 11.8 Å². The molecule has 26 heavy (non-hydrogen) atoms. The number of para-hydroxylation sites is 1. The van der Waals surface area contributed by atoms with E-state index >= 15 is 0 Å². The number of aromatic nitrogens is 1. The lowest BCUT2D eigenvalue weighted by molar-refractivity contribution is -0.139. The maximum atomic E-state index is 12.1. The van der Waals surface area contributed by atoms with Crippen LogP contribution in [0.15, 0.2) is 54.7 Å². The van der Waals surface area contributed by atoms with E-state index in [4.69, 9.17) is 4.74 Å². The van der Waals surface area contributed by atoms with Crippen LogP contribution in [-0.2, 0) is 11.2 Å². The number of rotatable bonds is 6. The topological polar surface area (TPSA) is 103 Å². The Morgan fingerprint density at radius 3 is 2.58 bits per heavy atom. The molecule has 3 aromatic rings. The van der Waals surface area contributed by atoms with Crippen LogP contribution in [0.3, 0.4) is 0 Å². The highest BCUT2D eigenvalue weighted by molar-refractivity contribution is 5.92. The van der Waals surface area contributed by atoms with Gasteiger partial charge in [-0.25, -0.2) is 9.59 Å². The summed E-state index contributed by atoms with van der Waals surface area (Å²) in [5.41, 5.74) is 2.30. The first kappa shape index (κ1) is 17.3. The van der Waals surface area contributed by atoms with Crippen molar-refractivity contribution in [1.29, 1.82) is 0 Å². The number of ether oxygens (including phenoxy) is 1. The van der Waals surface area contributed by atoms with Gasteiger partial charge in [-0.2, -0.15) is 0 Å². The number of carboxylic acid groups (broad SMARTS) is 1. The van der Waals surface area contributed by atoms with Crippen LogP contribution in [0.5, 0.6) is 5.75 Å². The fourth-order valence-electron chi connectivity index (χ4n) is 2.72. The molecule has 0 saturated carbocycles. The largest absolute Gasteiger partial charge is 0.497 e. The van der Waals surface area contributed by atoms with Crippen molar-refractivity contribution in [2.45, 2.75) is 12.5 Å². The lowest BCUT2D eigenvalue weighted by Gasteiger charge is -2.15. The number of urea groups is 1. The number of amides is 2. The average Bonchev–Trinajstić information content (AvgIpc) is 3.05. The van der Waals surface area contributed by atoms with E-state index in [0.717, 1.165) is 16.5 Å². The summed E-state index contributed by atoms with van der Waals surface area (Å²) in [6.45, 7) is 0. The number of anilines is 1. The number of hydrogen-bond donors (Lipinski definition) is 4. The molecule has 1 unspecified atom stereocenters. The standard InChI is InChI=1S/C19H19N3O4/c1-26-14-8-6-13(7-9-14)21-19(25)22-17(18(23)24)10-12-11-20-16-5-3-2-4-15(12)16/h2-9,11,17,20H,10H2,1H3,(H,23,24)(H2,21,22,25). The average molecular weight is 353 g/mol. The Kier molecular flexibility index (Phi) is 5.07. The van der Waals surface area contributed by atoms with Gasteiger partial charge in [0.2, 0.25) is 0 Å². The van der Waals surface area contributed by atoms with Gasteiger partial charge in [0, 0.05) is 29.2 Å². The minimum absolute atomic E-state index is 0.176. The zero-order valence-electron chi connectivity index (χ0n) is 14.2. The number of benzene rings is 2. The maximum absolute atomic E-state index is 12.1. The monoisotopic (exact) mass is 353 g/mol. The predicted octanol–water partition coefficient (Wildman–Crippen LogP) is 2.99. The van der Waals surface area contributed by atoms with Gasteiger partial charge in [-0.3, -0.25) is 0 Å². The minimum Gasteiger partial charge on any atom is -0.497 e. The van der Waals surface area contributed by atoms with E-state index in [0.29, 0.717) is 11.4 Å². The minimum atomic E-state index is -1.10. The van der Waals surface area contributed by atoms with E-state index in [1.165, 1.54) is 0 Å². The smallest absolute Gasteiger partial charge is 0.326 e. The summed E-state index contributed by atoms with van der Waals surface area (Å²) in [5, 5.41) is 15.5. The first-order chi connectivity index (χ1) is 12.6. The van der Waals surface area contributed by atoms with E-state index in [2.05, 4.69) is 15.6 Å². The summed E-state index contributed by atoms with van der Waals surface area (Å²) in [7, 11) is 1.55. The molecule has 0 fully saturated rings. The fourth-order valence-corrected chi connectivity index (χ4v) is 2.72. The first-order valence-corrected chi connectivity index (χ1v) is 8.06. The maximum Gasteiger partial charge on any atom is 0.326 e. The number of aliphatic carboxylic acids is 1. The highest BCUT2D eigenvalue weighted by Gasteiger charge is 2.22. The van der Waals surface area contributed by atoms with Crippen molar-refractivity contribution in [2.24, 2.45) is 0 Å². The van der Waals surface area contributed by atoms with Gasteiger partial charge in [-0.15, -0.1) is 0 Å². The number of carbonyl (C=O) groups excluding carboxylic acids is 1. The molecule has 0 radical (unpaired) electrons. The van der Waals surface area contributed by atoms with Gasteiger partial charge in [0.05, 0.1) is 7.11 Å². The van der Waals surface area contributed by atoms with E-state index in [-0.39, 0.29) is 6.42 Å². The third kappa shape index (κ3) is 3.94. The molecule has 134 valence electrons. The molecule has 0 spiro atoms. The van der Waals surface area contributed by atoms with Gasteiger partial charge >= 0.3 is 12.0 Å². The molecule has 0 saturated heterocycles. The predicted molar refractivity (Wildman–Crippen MR) is 98.6 cm³/mol. The third-order valence-electron chi connectivity index (χ3n) is 4.05. The molecule has 1 heterocycles. The van der Waals surface area contributed by atoms with Crippen LogP contribution < -0.4 is 15.4 Å². The summed E-state index contributed by atoms with van der Waals surface area (Å²) in [6, 6.07) is 12.7. The summed E-state index contributed by atoms with van der Waals surface area (Å²) >= 11 is 0. The van der Waals surface area contributed by atoms with Gasteiger partial charge in [0.25, 0.3) is 0 Å². The number of methoxy groups -OCH3 is 1. The summed E-state index contributed by atoms with van der Waals surface area (Å²) in [5.74, 6) is -0.432. The molecule has 4 N–H and O–H groups in total. The molecule has 7 heteroatoms. The van der Waals surface area contributed by atoms with E-state index in [9.17, 15) is 14.7 Å². The van der Waals surface area contributed by atoms with Crippen LogP contribution in [0.2, 0.25) is 0 Å². The quantitative estimate of drug-likeness (QED) is 0.547. The Labute approximate surface area is 150 Å². The van der Waals surface area contributed by atoms with Gasteiger partial charge in [-0.1, -0.05) is 18.2 Å². The zero-order valence-corrected chi connectivity index (χ0v) is 14.2. The second-order valence-electron chi connectivity index (χ2n) is 5.78. The third-order valence-corrected chi connectivity index (χ3v) is 4.05. The van der Waals surface area contributed by atoms with E-state index < -0.39 is 18.0 Å². The fraction of sp³-hybridized carbons (Fsp3) is 0.158. The number of H-pyrrole nitrogens is 1. The van der Waals surface area contributed by atoms with Crippen LogP contribution in [0, 0.1) is 0 Å². The zero-order chi connectivity index (χ0) is 18.5. The van der Waals surface area contributed by atoms with E-state index in [1.54, 1.807) is 37.6 Å². The molecule has 2 aromatic carbocycles. The number of hydrogen-bond acceptors (Lipinski definition) is 3. The number of carbonyl (C=O) groups is 2.